The van der Waals surface area contributed by atoms with Gasteiger partial charge in [-0.15, -0.1) is 0 Å². The summed E-state index contributed by atoms with van der Waals surface area (Å²) in [6.45, 7) is 6.64. The first-order valence-corrected chi connectivity index (χ1v) is 8.64. The first-order valence-electron chi connectivity index (χ1n) is 8.64. The number of nitrogens with zero attached hydrogens (tertiary/aromatic N) is 4. The maximum atomic E-state index is 5.41. The molecule has 7 heteroatoms. The standard InChI is InChI=1S/C17H28N6O/c1-4-14(5-2)16-12-15(24-22-16)13-20-17(18-3)19-8-6-10-23-11-7-9-21-23/h7,9,11-12,14H,4-6,8,10,13H2,1-3H3,(H2,18,19,20). The molecule has 0 saturated heterocycles. The zero-order valence-electron chi connectivity index (χ0n) is 14.8. The number of hydrogen-bond acceptors (Lipinski definition) is 4. The Morgan fingerprint density at radius 3 is 2.83 bits per heavy atom. The van der Waals surface area contributed by atoms with Gasteiger partial charge in [-0.25, -0.2) is 0 Å². The van der Waals surface area contributed by atoms with E-state index in [-0.39, 0.29) is 0 Å². The van der Waals surface area contributed by atoms with Crippen LogP contribution in [0, 0.1) is 0 Å². The van der Waals surface area contributed by atoms with Gasteiger partial charge in [-0.1, -0.05) is 19.0 Å². The third-order valence-corrected chi connectivity index (χ3v) is 4.05. The quantitative estimate of drug-likeness (QED) is 0.419. The molecule has 2 aromatic heterocycles. The molecule has 0 fully saturated rings. The monoisotopic (exact) mass is 332 g/mol. The summed E-state index contributed by atoms with van der Waals surface area (Å²) in [5.41, 5.74) is 1.04. The molecule has 24 heavy (non-hydrogen) atoms. The topological polar surface area (TPSA) is 80.3 Å². The van der Waals surface area contributed by atoms with Crippen molar-refractivity contribution in [1.29, 1.82) is 0 Å². The van der Waals surface area contributed by atoms with E-state index in [0.717, 1.165) is 49.8 Å². The summed E-state index contributed by atoms with van der Waals surface area (Å²) in [5.74, 6) is 2.06. The predicted molar refractivity (Wildman–Crippen MR) is 94.9 cm³/mol. The molecule has 0 bridgehead atoms. The maximum absolute atomic E-state index is 5.41. The molecule has 0 aliphatic carbocycles. The highest BCUT2D eigenvalue weighted by Gasteiger charge is 2.13. The smallest absolute Gasteiger partial charge is 0.191 e. The fourth-order valence-electron chi connectivity index (χ4n) is 2.58. The highest BCUT2D eigenvalue weighted by Crippen LogP contribution is 2.22. The van der Waals surface area contributed by atoms with Crippen molar-refractivity contribution in [2.75, 3.05) is 13.6 Å². The minimum Gasteiger partial charge on any atom is -0.359 e. The molecule has 0 amide bonds. The van der Waals surface area contributed by atoms with Crippen LogP contribution in [-0.4, -0.2) is 34.5 Å². The molecule has 0 aromatic carbocycles. The molecule has 0 spiro atoms. The van der Waals surface area contributed by atoms with Gasteiger partial charge in [-0.05, 0) is 25.3 Å². The van der Waals surface area contributed by atoms with Crippen LogP contribution >= 0.6 is 0 Å². The van der Waals surface area contributed by atoms with E-state index in [0.29, 0.717) is 12.5 Å². The Bertz CT molecular complexity index is 600. The summed E-state index contributed by atoms with van der Waals surface area (Å²) in [7, 11) is 1.76. The number of nitrogens with one attached hydrogen (secondary N) is 2. The van der Waals surface area contributed by atoms with Gasteiger partial charge in [0.25, 0.3) is 0 Å². The van der Waals surface area contributed by atoms with Gasteiger partial charge in [-0.2, -0.15) is 5.10 Å². The number of aromatic nitrogens is 3. The molecule has 132 valence electrons. The highest BCUT2D eigenvalue weighted by atomic mass is 16.5. The van der Waals surface area contributed by atoms with E-state index >= 15 is 0 Å². The van der Waals surface area contributed by atoms with Gasteiger partial charge >= 0.3 is 0 Å². The van der Waals surface area contributed by atoms with Crippen LogP contribution in [0.5, 0.6) is 0 Å². The first kappa shape index (κ1) is 18.0. The molecule has 2 heterocycles. The average molecular weight is 332 g/mol. The Morgan fingerprint density at radius 2 is 2.17 bits per heavy atom. The third-order valence-electron chi connectivity index (χ3n) is 4.05. The lowest BCUT2D eigenvalue weighted by Gasteiger charge is -2.10. The molecule has 0 saturated carbocycles. The molecule has 2 N–H and O–H groups in total. The summed E-state index contributed by atoms with van der Waals surface area (Å²) in [5, 5.41) is 14.9. The number of guanidine groups is 1. The summed E-state index contributed by atoms with van der Waals surface area (Å²) in [4.78, 5) is 4.22. The molecule has 2 aromatic rings. The van der Waals surface area contributed by atoms with Crippen molar-refractivity contribution in [2.45, 2.75) is 52.1 Å². The zero-order chi connectivity index (χ0) is 17.2. The van der Waals surface area contributed by atoms with Gasteiger partial charge in [0.1, 0.15) is 0 Å². The lowest BCUT2D eigenvalue weighted by molar-refractivity contribution is 0.368. The highest BCUT2D eigenvalue weighted by molar-refractivity contribution is 5.79. The zero-order valence-corrected chi connectivity index (χ0v) is 14.8. The summed E-state index contributed by atoms with van der Waals surface area (Å²) in [6.07, 6.45) is 6.89. The van der Waals surface area contributed by atoms with E-state index in [4.69, 9.17) is 4.52 Å². The minimum atomic E-state index is 0.474. The van der Waals surface area contributed by atoms with Gasteiger partial charge in [0, 0.05) is 44.5 Å². The van der Waals surface area contributed by atoms with Gasteiger partial charge in [0.2, 0.25) is 0 Å². The van der Waals surface area contributed by atoms with Crippen molar-refractivity contribution in [1.82, 2.24) is 25.6 Å². The van der Waals surface area contributed by atoms with Crippen molar-refractivity contribution < 1.29 is 4.52 Å². The van der Waals surface area contributed by atoms with Gasteiger partial charge in [0.05, 0.1) is 12.2 Å². The Balaban J connectivity index is 1.71. The normalized spacial score (nSPS) is 11.9. The Morgan fingerprint density at radius 1 is 1.33 bits per heavy atom. The summed E-state index contributed by atoms with van der Waals surface area (Å²) < 4.78 is 7.33. The van der Waals surface area contributed by atoms with Crippen molar-refractivity contribution in [3.63, 3.8) is 0 Å². The predicted octanol–water partition coefficient (Wildman–Crippen LogP) is 2.53. The van der Waals surface area contributed by atoms with Crippen LogP contribution < -0.4 is 10.6 Å². The van der Waals surface area contributed by atoms with Crippen molar-refractivity contribution in [3.8, 4) is 0 Å². The Labute approximate surface area is 143 Å². The van der Waals surface area contributed by atoms with Crippen molar-refractivity contribution in [3.05, 3.63) is 36.0 Å². The van der Waals surface area contributed by atoms with Crippen molar-refractivity contribution >= 4 is 5.96 Å². The number of aliphatic imine (C=N–C) groups is 1. The fraction of sp³-hybridized carbons (Fsp3) is 0.588. The van der Waals surface area contributed by atoms with E-state index in [9.17, 15) is 0 Å². The van der Waals surface area contributed by atoms with Crippen LogP contribution in [0.3, 0.4) is 0 Å². The van der Waals surface area contributed by atoms with Gasteiger partial charge < -0.3 is 15.2 Å². The number of hydrogen-bond donors (Lipinski definition) is 2. The summed E-state index contributed by atoms with van der Waals surface area (Å²) in [6, 6.07) is 3.97. The summed E-state index contributed by atoms with van der Waals surface area (Å²) >= 11 is 0. The largest absolute Gasteiger partial charge is 0.359 e. The van der Waals surface area contributed by atoms with Crippen molar-refractivity contribution in [2.24, 2.45) is 4.99 Å². The molecular weight excluding hydrogens is 304 g/mol. The van der Waals surface area contributed by atoms with Gasteiger partial charge in [0.15, 0.2) is 11.7 Å². The average Bonchev–Trinajstić information content (AvgIpc) is 3.27. The van der Waals surface area contributed by atoms with E-state index in [1.807, 2.05) is 23.0 Å². The van der Waals surface area contributed by atoms with Gasteiger partial charge in [-0.3, -0.25) is 9.67 Å². The van der Waals surface area contributed by atoms with Crippen LogP contribution in [-0.2, 0) is 13.1 Å². The maximum Gasteiger partial charge on any atom is 0.191 e. The van der Waals surface area contributed by atoms with Crippen LogP contribution in [0.2, 0.25) is 0 Å². The second-order valence-corrected chi connectivity index (χ2v) is 5.71. The molecule has 2 rings (SSSR count). The number of aryl methyl sites for hydroxylation is 1. The molecule has 0 aliphatic heterocycles. The van der Waals surface area contributed by atoms with E-state index < -0.39 is 0 Å². The molecule has 0 atom stereocenters. The minimum absolute atomic E-state index is 0.474. The van der Waals surface area contributed by atoms with E-state index in [2.05, 4.69) is 39.7 Å². The third kappa shape index (κ3) is 5.40. The molecule has 0 radical (unpaired) electrons. The van der Waals surface area contributed by atoms with Crippen LogP contribution in [0.15, 0.2) is 34.0 Å². The van der Waals surface area contributed by atoms with E-state index in [1.54, 1.807) is 13.2 Å². The molecular formula is C17H28N6O. The number of rotatable bonds is 9. The first-order chi connectivity index (χ1) is 11.8. The second kappa shape index (κ2) is 9.75. The van der Waals surface area contributed by atoms with Crippen LogP contribution in [0.4, 0.5) is 0 Å². The second-order valence-electron chi connectivity index (χ2n) is 5.71. The van der Waals surface area contributed by atoms with Crippen LogP contribution in [0.1, 0.15) is 50.5 Å². The SMILES string of the molecule is CCC(CC)c1cc(CNC(=NC)NCCCn2cccn2)on1. The lowest BCUT2D eigenvalue weighted by Crippen LogP contribution is -2.37. The molecule has 7 nitrogen and oxygen atoms in total. The Kier molecular flexibility index (Phi) is 7.32. The molecule has 0 aliphatic rings. The van der Waals surface area contributed by atoms with Crippen LogP contribution in [0.25, 0.3) is 0 Å². The fourth-order valence-corrected chi connectivity index (χ4v) is 2.58. The Hall–Kier alpha value is -2.31. The molecule has 0 unspecified atom stereocenters. The lowest BCUT2D eigenvalue weighted by atomic mass is 9.99. The van der Waals surface area contributed by atoms with E-state index in [1.165, 1.54) is 0 Å².